The molecule has 0 saturated carbocycles. The number of carbonyl (C=O) groups is 1. The van der Waals surface area contributed by atoms with E-state index in [1.807, 2.05) is 24.3 Å². The lowest BCUT2D eigenvalue weighted by molar-refractivity contribution is -0.134. The van der Waals surface area contributed by atoms with Gasteiger partial charge in [-0.3, -0.25) is 9.69 Å². The Kier molecular flexibility index (Phi) is 6.56. The molecule has 2 heterocycles. The van der Waals surface area contributed by atoms with Crippen LogP contribution in [0.25, 0.3) is 0 Å². The van der Waals surface area contributed by atoms with Crippen molar-refractivity contribution < 1.29 is 14.3 Å². The Bertz CT molecular complexity index is 966. The largest absolute Gasteiger partial charge is 0.497 e. The number of methoxy groups -OCH3 is 2. The minimum atomic E-state index is -0.200. The van der Waals surface area contributed by atoms with Crippen molar-refractivity contribution in [3.05, 3.63) is 59.2 Å². The second-order valence-electron chi connectivity index (χ2n) is 8.32. The van der Waals surface area contributed by atoms with Crippen LogP contribution in [0.5, 0.6) is 11.5 Å². The van der Waals surface area contributed by atoms with Gasteiger partial charge >= 0.3 is 0 Å². The molecule has 1 amide bonds. The zero-order valence-electron chi connectivity index (χ0n) is 18.6. The molecule has 1 fully saturated rings. The lowest BCUT2D eigenvalue weighted by Gasteiger charge is -2.29. The Balaban J connectivity index is 1.66. The fourth-order valence-corrected chi connectivity index (χ4v) is 4.46. The second-order valence-corrected chi connectivity index (χ2v) is 8.32. The summed E-state index contributed by atoms with van der Waals surface area (Å²) in [6, 6.07) is 13.9. The van der Waals surface area contributed by atoms with Gasteiger partial charge in [-0.15, -0.1) is 0 Å². The Morgan fingerprint density at radius 3 is 2.58 bits per heavy atom. The van der Waals surface area contributed by atoms with E-state index in [0.29, 0.717) is 18.7 Å². The fourth-order valence-electron chi connectivity index (χ4n) is 4.46. The van der Waals surface area contributed by atoms with Gasteiger partial charge in [-0.2, -0.15) is 5.10 Å². The van der Waals surface area contributed by atoms with Crippen LogP contribution in [0.4, 0.5) is 0 Å². The molecule has 1 saturated heterocycles. The molecule has 0 aromatic heterocycles. The van der Waals surface area contributed by atoms with E-state index in [2.05, 4.69) is 30.0 Å². The van der Waals surface area contributed by atoms with E-state index < -0.39 is 0 Å². The second kappa shape index (κ2) is 9.52. The highest BCUT2D eigenvalue weighted by molar-refractivity contribution is 6.03. The summed E-state index contributed by atoms with van der Waals surface area (Å²) in [6.45, 7) is 4.43. The summed E-state index contributed by atoms with van der Waals surface area (Å²) in [7, 11) is 3.28. The van der Waals surface area contributed by atoms with E-state index in [0.717, 1.165) is 48.5 Å². The molecule has 6 heteroatoms. The van der Waals surface area contributed by atoms with E-state index in [1.54, 1.807) is 19.2 Å². The maximum atomic E-state index is 13.4. The van der Waals surface area contributed by atoms with Gasteiger partial charge in [0.15, 0.2) is 0 Å². The van der Waals surface area contributed by atoms with Gasteiger partial charge in [0.25, 0.3) is 5.91 Å². The quantitative estimate of drug-likeness (QED) is 0.702. The van der Waals surface area contributed by atoms with Crippen molar-refractivity contribution in [2.45, 2.75) is 38.6 Å². The van der Waals surface area contributed by atoms with Gasteiger partial charge in [0.2, 0.25) is 0 Å². The van der Waals surface area contributed by atoms with Crippen LogP contribution in [0.2, 0.25) is 0 Å². The first-order chi connectivity index (χ1) is 15.1. The van der Waals surface area contributed by atoms with Gasteiger partial charge in [-0.05, 0) is 50.6 Å². The number of amides is 1. The highest BCUT2D eigenvalue weighted by atomic mass is 16.5. The van der Waals surface area contributed by atoms with Crippen LogP contribution in [0, 0.1) is 6.92 Å². The molecule has 4 rings (SSSR count). The lowest BCUT2D eigenvalue weighted by Crippen LogP contribution is -2.40. The molecule has 0 aliphatic carbocycles. The molecule has 2 aliphatic rings. The number of benzene rings is 2. The van der Waals surface area contributed by atoms with Gasteiger partial charge in [-0.25, -0.2) is 5.01 Å². The number of likely N-dealkylation sites (tertiary alicyclic amines) is 1. The van der Waals surface area contributed by atoms with Gasteiger partial charge in [-0.1, -0.05) is 36.2 Å². The first-order valence-electron chi connectivity index (χ1n) is 11.0. The van der Waals surface area contributed by atoms with Crippen LogP contribution in [0.1, 0.15) is 48.4 Å². The molecule has 6 nitrogen and oxygen atoms in total. The van der Waals surface area contributed by atoms with Gasteiger partial charge in [0.05, 0.1) is 32.5 Å². The number of ether oxygens (including phenoxy) is 2. The van der Waals surface area contributed by atoms with Crippen LogP contribution in [-0.4, -0.2) is 55.4 Å². The zero-order valence-corrected chi connectivity index (χ0v) is 18.6. The number of carbonyl (C=O) groups excluding carboxylic acids is 1. The average Bonchev–Trinajstić information content (AvgIpc) is 3.25. The molecule has 2 aromatic rings. The highest BCUT2D eigenvalue weighted by Gasteiger charge is 2.35. The summed E-state index contributed by atoms with van der Waals surface area (Å²) in [5.74, 6) is 1.47. The predicted molar refractivity (Wildman–Crippen MR) is 122 cm³/mol. The number of hydrazone groups is 1. The Morgan fingerprint density at radius 1 is 1.06 bits per heavy atom. The molecule has 2 aromatic carbocycles. The van der Waals surface area contributed by atoms with E-state index in [-0.39, 0.29) is 11.9 Å². The molecule has 0 radical (unpaired) electrons. The van der Waals surface area contributed by atoms with Crippen molar-refractivity contribution in [3.63, 3.8) is 0 Å². The first-order valence-corrected chi connectivity index (χ1v) is 11.0. The third kappa shape index (κ3) is 4.74. The van der Waals surface area contributed by atoms with E-state index in [4.69, 9.17) is 14.6 Å². The molecule has 0 bridgehead atoms. The number of hydrogen-bond acceptors (Lipinski definition) is 5. The van der Waals surface area contributed by atoms with Crippen molar-refractivity contribution >= 4 is 11.6 Å². The SMILES string of the molecule is COc1ccc([C@@H]2CC(c3cccc(C)c3)=NN2C(=O)CN2CCCCC2)c(OC)c1. The van der Waals surface area contributed by atoms with E-state index in [9.17, 15) is 4.79 Å². The van der Waals surface area contributed by atoms with Crippen molar-refractivity contribution in [3.8, 4) is 11.5 Å². The van der Waals surface area contributed by atoms with Crippen LogP contribution in [0.15, 0.2) is 47.6 Å². The van der Waals surface area contributed by atoms with Crippen molar-refractivity contribution in [1.82, 2.24) is 9.91 Å². The van der Waals surface area contributed by atoms with Gasteiger partial charge in [0, 0.05) is 18.1 Å². The topological polar surface area (TPSA) is 54.4 Å². The third-order valence-corrected chi connectivity index (χ3v) is 6.12. The van der Waals surface area contributed by atoms with Crippen LogP contribution >= 0.6 is 0 Å². The number of hydrogen-bond donors (Lipinski definition) is 0. The van der Waals surface area contributed by atoms with Crippen molar-refractivity contribution in [1.29, 1.82) is 0 Å². The smallest absolute Gasteiger partial charge is 0.257 e. The molecular weight excluding hydrogens is 390 g/mol. The maximum absolute atomic E-state index is 13.4. The average molecular weight is 422 g/mol. The summed E-state index contributed by atoms with van der Waals surface area (Å²) >= 11 is 0. The predicted octanol–water partition coefficient (Wildman–Crippen LogP) is 4.18. The number of nitrogens with zero attached hydrogens (tertiary/aromatic N) is 3. The Morgan fingerprint density at radius 2 is 1.87 bits per heavy atom. The Labute approximate surface area is 184 Å². The number of piperidine rings is 1. The molecule has 164 valence electrons. The summed E-state index contributed by atoms with van der Waals surface area (Å²) in [5.41, 5.74) is 4.11. The van der Waals surface area contributed by atoms with Crippen LogP contribution in [-0.2, 0) is 4.79 Å². The maximum Gasteiger partial charge on any atom is 0.257 e. The van der Waals surface area contributed by atoms with E-state index >= 15 is 0 Å². The molecule has 0 N–H and O–H groups in total. The normalized spacial score (nSPS) is 19.3. The lowest BCUT2D eigenvalue weighted by atomic mass is 9.96. The van der Waals surface area contributed by atoms with Gasteiger partial charge < -0.3 is 9.47 Å². The van der Waals surface area contributed by atoms with E-state index in [1.165, 1.54) is 12.0 Å². The molecule has 0 spiro atoms. The minimum Gasteiger partial charge on any atom is -0.497 e. The first kappa shape index (κ1) is 21.4. The number of rotatable bonds is 6. The summed E-state index contributed by atoms with van der Waals surface area (Å²) in [4.78, 5) is 15.6. The van der Waals surface area contributed by atoms with Gasteiger partial charge in [0.1, 0.15) is 11.5 Å². The molecular formula is C25H31N3O3. The Hall–Kier alpha value is -2.86. The summed E-state index contributed by atoms with van der Waals surface area (Å²) in [5, 5.41) is 6.50. The highest BCUT2D eigenvalue weighted by Crippen LogP contribution is 2.39. The monoisotopic (exact) mass is 421 g/mol. The number of aryl methyl sites for hydroxylation is 1. The minimum absolute atomic E-state index is 0.0347. The van der Waals surface area contributed by atoms with Crippen molar-refractivity contribution in [2.75, 3.05) is 33.9 Å². The fraction of sp³-hybridized carbons (Fsp3) is 0.440. The van der Waals surface area contributed by atoms with Crippen LogP contribution < -0.4 is 9.47 Å². The standard InChI is InChI=1S/C25H31N3O3/c1-18-8-7-9-19(14-18)22-16-23(21-11-10-20(30-2)15-24(21)31-3)28(26-22)25(29)17-27-12-5-4-6-13-27/h7-11,14-15,23H,4-6,12-13,16-17H2,1-3H3/t23-/m0/s1. The molecule has 0 unspecified atom stereocenters. The molecule has 2 aliphatic heterocycles. The summed E-state index contributed by atoms with van der Waals surface area (Å²) < 4.78 is 11.0. The van der Waals surface area contributed by atoms with Crippen molar-refractivity contribution in [2.24, 2.45) is 5.10 Å². The van der Waals surface area contributed by atoms with Crippen LogP contribution in [0.3, 0.4) is 0 Å². The molecule has 1 atom stereocenters. The zero-order chi connectivity index (χ0) is 21.8. The molecule has 31 heavy (non-hydrogen) atoms. The third-order valence-electron chi connectivity index (χ3n) is 6.12. The summed E-state index contributed by atoms with van der Waals surface area (Å²) in [6.07, 6.45) is 4.20.